The maximum absolute atomic E-state index is 13.9. The molecule has 0 bridgehead atoms. The largest absolute Gasteiger partial charge is 0.385 e. The summed E-state index contributed by atoms with van der Waals surface area (Å²) >= 11 is 0. The van der Waals surface area contributed by atoms with E-state index >= 15 is 0 Å². The first-order valence-corrected chi connectivity index (χ1v) is 8.65. The summed E-state index contributed by atoms with van der Waals surface area (Å²) in [5.41, 5.74) is -0.242. The summed E-state index contributed by atoms with van der Waals surface area (Å²) in [6.07, 6.45) is 5.89. The van der Waals surface area contributed by atoms with E-state index in [1.165, 1.54) is 0 Å². The normalized spacial score (nSPS) is 25.8. The topological polar surface area (TPSA) is 59.4 Å². The van der Waals surface area contributed by atoms with Crippen molar-refractivity contribution in [1.29, 1.82) is 0 Å². The van der Waals surface area contributed by atoms with Crippen LogP contribution in [0.1, 0.15) is 31.5 Å². The highest BCUT2D eigenvalue weighted by Gasteiger charge is 2.49. The number of alkyl halides is 1. The highest BCUT2D eigenvalue weighted by atomic mass is 19.1. The average molecular weight is 338 g/mol. The van der Waals surface area contributed by atoms with Crippen molar-refractivity contribution in [2.45, 2.75) is 44.4 Å². The van der Waals surface area contributed by atoms with Gasteiger partial charge in [0.25, 0.3) is 0 Å². The molecule has 0 radical (unpaired) electrons. The number of methoxy groups -OCH3 is 1. The summed E-state index contributed by atoms with van der Waals surface area (Å²) in [5.74, 6) is 1.01. The summed E-state index contributed by atoms with van der Waals surface area (Å²) in [6, 6.07) is 0.0267. The zero-order valence-corrected chi connectivity index (χ0v) is 14.5. The van der Waals surface area contributed by atoms with Gasteiger partial charge in [-0.05, 0) is 25.7 Å². The Hall–Kier alpha value is -1.47. The number of imidazole rings is 1. The first kappa shape index (κ1) is 17.4. The molecule has 134 valence electrons. The predicted molar refractivity (Wildman–Crippen MR) is 88.1 cm³/mol. The molecule has 6 nitrogen and oxygen atoms in total. The standard InChI is InChI=1S/C17H27FN4O2/c1-21-7-6-19-15(21)12-22-11-13(18)9-14(22)10-20-16(23)17(3-4-17)5-8-24-2/h6-7,13-14H,3-5,8-12H2,1-2H3,(H,20,23)/t13-,14-/m0/s1. The van der Waals surface area contributed by atoms with Gasteiger partial charge in [-0.1, -0.05) is 0 Å². The van der Waals surface area contributed by atoms with E-state index in [1.54, 1.807) is 13.3 Å². The van der Waals surface area contributed by atoms with E-state index in [0.29, 0.717) is 32.7 Å². The number of rotatable bonds is 8. The molecule has 1 aliphatic carbocycles. The highest BCUT2D eigenvalue weighted by Crippen LogP contribution is 2.49. The molecule has 2 atom stereocenters. The number of aryl methyl sites for hydroxylation is 1. The molecule has 24 heavy (non-hydrogen) atoms. The molecule has 1 N–H and O–H groups in total. The lowest BCUT2D eigenvalue weighted by Crippen LogP contribution is -2.42. The Labute approximate surface area is 142 Å². The Balaban J connectivity index is 1.53. The van der Waals surface area contributed by atoms with Crippen LogP contribution in [0.15, 0.2) is 12.4 Å². The van der Waals surface area contributed by atoms with Crippen LogP contribution < -0.4 is 5.32 Å². The Morgan fingerprint density at radius 2 is 2.33 bits per heavy atom. The van der Waals surface area contributed by atoms with Gasteiger partial charge in [-0.15, -0.1) is 0 Å². The van der Waals surface area contributed by atoms with Gasteiger partial charge in [-0.2, -0.15) is 0 Å². The van der Waals surface area contributed by atoms with Crippen LogP contribution in [0.25, 0.3) is 0 Å². The molecule has 3 rings (SSSR count). The minimum Gasteiger partial charge on any atom is -0.385 e. The number of amides is 1. The SMILES string of the molecule is COCCC1(C(=O)NC[C@@H]2C[C@H](F)CN2Cc2nccn2C)CC1. The number of ether oxygens (including phenoxy) is 1. The molecule has 1 aromatic rings. The lowest BCUT2D eigenvalue weighted by atomic mass is 10.0. The molecule has 1 aromatic heterocycles. The summed E-state index contributed by atoms with van der Waals surface area (Å²) in [6.45, 7) is 2.12. The van der Waals surface area contributed by atoms with Gasteiger partial charge >= 0.3 is 0 Å². The van der Waals surface area contributed by atoms with E-state index in [0.717, 1.165) is 25.1 Å². The van der Waals surface area contributed by atoms with Crippen LogP contribution in [0.2, 0.25) is 0 Å². The predicted octanol–water partition coefficient (Wildman–Crippen LogP) is 1.27. The summed E-state index contributed by atoms with van der Waals surface area (Å²) in [4.78, 5) is 18.9. The number of carbonyl (C=O) groups excluding carboxylic acids is 1. The van der Waals surface area contributed by atoms with E-state index in [4.69, 9.17) is 4.74 Å². The van der Waals surface area contributed by atoms with Crippen molar-refractivity contribution in [2.75, 3.05) is 26.8 Å². The molecule has 2 aliphatic rings. The fourth-order valence-corrected chi connectivity index (χ4v) is 3.50. The van der Waals surface area contributed by atoms with Crippen LogP contribution in [-0.4, -0.2) is 59.4 Å². The van der Waals surface area contributed by atoms with Crippen LogP contribution >= 0.6 is 0 Å². The molecule has 2 fully saturated rings. The summed E-state index contributed by atoms with van der Waals surface area (Å²) < 4.78 is 20.9. The van der Waals surface area contributed by atoms with Crippen molar-refractivity contribution >= 4 is 5.91 Å². The van der Waals surface area contributed by atoms with Gasteiger partial charge in [-0.3, -0.25) is 9.69 Å². The Bertz CT molecular complexity index is 573. The zero-order valence-electron chi connectivity index (χ0n) is 14.5. The van der Waals surface area contributed by atoms with Gasteiger partial charge in [-0.25, -0.2) is 9.37 Å². The number of nitrogens with one attached hydrogen (secondary N) is 1. The number of hydrogen-bond acceptors (Lipinski definition) is 4. The maximum Gasteiger partial charge on any atom is 0.226 e. The van der Waals surface area contributed by atoms with E-state index in [1.807, 2.05) is 17.8 Å². The molecule has 2 heterocycles. The molecule has 1 amide bonds. The summed E-state index contributed by atoms with van der Waals surface area (Å²) in [7, 11) is 3.60. The van der Waals surface area contributed by atoms with Crippen molar-refractivity contribution in [3.05, 3.63) is 18.2 Å². The third-order valence-electron chi connectivity index (χ3n) is 5.36. The molecular weight excluding hydrogens is 311 g/mol. The van der Waals surface area contributed by atoms with Crippen LogP contribution in [0, 0.1) is 5.41 Å². The third kappa shape index (κ3) is 3.78. The van der Waals surface area contributed by atoms with Crippen molar-refractivity contribution in [3.63, 3.8) is 0 Å². The first-order valence-electron chi connectivity index (χ1n) is 8.65. The van der Waals surface area contributed by atoms with Crippen LogP contribution in [0.3, 0.4) is 0 Å². The van der Waals surface area contributed by atoms with Gasteiger partial charge < -0.3 is 14.6 Å². The second-order valence-electron chi connectivity index (χ2n) is 7.10. The van der Waals surface area contributed by atoms with E-state index in [-0.39, 0.29) is 17.4 Å². The van der Waals surface area contributed by atoms with Gasteiger partial charge in [0.15, 0.2) is 0 Å². The Morgan fingerprint density at radius 1 is 1.54 bits per heavy atom. The zero-order chi connectivity index (χ0) is 17.2. The van der Waals surface area contributed by atoms with Crippen molar-refractivity contribution in [2.24, 2.45) is 12.5 Å². The molecule has 0 unspecified atom stereocenters. The second-order valence-corrected chi connectivity index (χ2v) is 7.10. The van der Waals surface area contributed by atoms with Crippen molar-refractivity contribution < 1.29 is 13.9 Å². The smallest absolute Gasteiger partial charge is 0.226 e. The lowest BCUT2D eigenvalue weighted by molar-refractivity contribution is -0.127. The van der Waals surface area contributed by atoms with E-state index < -0.39 is 6.17 Å². The number of nitrogens with zero attached hydrogens (tertiary/aromatic N) is 3. The van der Waals surface area contributed by atoms with Crippen LogP contribution in [0.5, 0.6) is 0 Å². The van der Waals surface area contributed by atoms with Gasteiger partial charge in [0.1, 0.15) is 12.0 Å². The lowest BCUT2D eigenvalue weighted by Gasteiger charge is -2.25. The molecule has 7 heteroatoms. The van der Waals surface area contributed by atoms with Gasteiger partial charge in [0.2, 0.25) is 5.91 Å². The number of aromatic nitrogens is 2. The number of carbonyl (C=O) groups is 1. The quantitative estimate of drug-likeness (QED) is 0.775. The number of hydrogen-bond donors (Lipinski definition) is 1. The van der Waals surface area contributed by atoms with Gasteiger partial charge in [0, 0.05) is 52.3 Å². The minimum atomic E-state index is -0.837. The number of likely N-dealkylation sites (tertiary alicyclic amines) is 1. The Kier molecular flexibility index (Phi) is 5.20. The number of halogens is 1. The van der Waals surface area contributed by atoms with Crippen LogP contribution in [-0.2, 0) is 23.1 Å². The molecule has 0 spiro atoms. The second kappa shape index (κ2) is 7.19. The molecule has 1 aliphatic heterocycles. The fraction of sp³-hybridized carbons (Fsp3) is 0.765. The van der Waals surface area contributed by atoms with E-state index in [9.17, 15) is 9.18 Å². The van der Waals surface area contributed by atoms with Crippen LogP contribution in [0.4, 0.5) is 4.39 Å². The van der Waals surface area contributed by atoms with Crippen molar-refractivity contribution in [1.82, 2.24) is 19.8 Å². The first-order chi connectivity index (χ1) is 11.5. The fourth-order valence-electron chi connectivity index (χ4n) is 3.50. The average Bonchev–Trinajstić information content (AvgIpc) is 3.13. The Morgan fingerprint density at radius 3 is 2.96 bits per heavy atom. The highest BCUT2D eigenvalue weighted by molar-refractivity contribution is 5.85. The van der Waals surface area contributed by atoms with E-state index in [2.05, 4.69) is 15.2 Å². The minimum absolute atomic E-state index is 0.0267. The molecular formula is C17H27FN4O2. The molecule has 1 saturated heterocycles. The summed E-state index contributed by atoms with van der Waals surface area (Å²) in [5, 5.41) is 3.05. The molecule has 1 saturated carbocycles. The van der Waals surface area contributed by atoms with Crippen molar-refractivity contribution in [3.8, 4) is 0 Å². The maximum atomic E-state index is 13.9. The molecule has 0 aromatic carbocycles. The van der Waals surface area contributed by atoms with Gasteiger partial charge in [0.05, 0.1) is 12.0 Å². The third-order valence-corrected chi connectivity index (χ3v) is 5.36. The monoisotopic (exact) mass is 338 g/mol.